The lowest BCUT2D eigenvalue weighted by Crippen LogP contribution is -2.29. The minimum Gasteiger partial charge on any atom is -0.464 e. The van der Waals surface area contributed by atoms with Crippen LogP contribution in [0.4, 0.5) is 0 Å². The molecule has 0 aromatic heterocycles. The first-order valence-corrected chi connectivity index (χ1v) is 8.37. The zero-order chi connectivity index (χ0) is 14.2. The molecule has 0 spiro atoms. The molecule has 1 aliphatic carbocycles. The normalized spacial score (nSPS) is 24.1. The molecule has 20 heavy (non-hydrogen) atoms. The number of esters is 1. The van der Waals surface area contributed by atoms with Crippen LogP contribution in [0.5, 0.6) is 0 Å². The Bertz CT molecular complexity index is 321. The molecule has 2 rings (SSSR count). The molecule has 0 N–H and O–H groups in total. The molecular weight excluding hydrogens is 250 g/mol. The van der Waals surface area contributed by atoms with E-state index in [-0.39, 0.29) is 11.9 Å². The van der Waals surface area contributed by atoms with Gasteiger partial charge in [0.05, 0.1) is 5.92 Å². The number of carbonyl (C=O) groups excluding carboxylic acids is 1. The van der Waals surface area contributed by atoms with Gasteiger partial charge in [-0.25, -0.2) is 0 Å². The number of unbranched alkanes of at least 4 members (excludes halogenated alkanes) is 1. The summed E-state index contributed by atoms with van der Waals surface area (Å²) in [4.78, 5) is 14.7. The molecule has 2 atom stereocenters. The molecule has 1 aliphatic heterocycles. The first kappa shape index (κ1) is 15.6. The number of allylic oxidation sites excluding steroid dienone is 2. The van der Waals surface area contributed by atoms with Crippen molar-refractivity contribution >= 4 is 5.97 Å². The van der Waals surface area contributed by atoms with E-state index in [4.69, 9.17) is 4.74 Å². The number of nitrogens with zero attached hydrogens (tertiary/aromatic N) is 1. The van der Waals surface area contributed by atoms with Gasteiger partial charge in [-0.15, -0.1) is 0 Å². The smallest absolute Gasteiger partial charge is 0.309 e. The van der Waals surface area contributed by atoms with Gasteiger partial charge in [0.1, 0.15) is 6.61 Å². The second-order valence-electron chi connectivity index (χ2n) is 6.13. The van der Waals surface area contributed by atoms with Gasteiger partial charge in [0.25, 0.3) is 0 Å². The number of ether oxygens (including phenoxy) is 1. The highest BCUT2D eigenvalue weighted by Gasteiger charge is 2.28. The van der Waals surface area contributed by atoms with E-state index in [0.717, 1.165) is 38.6 Å². The summed E-state index contributed by atoms with van der Waals surface area (Å²) in [6, 6.07) is 0. The van der Waals surface area contributed by atoms with Crippen molar-refractivity contribution in [1.82, 2.24) is 4.90 Å². The van der Waals surface area contributed by atoms with Gasteiger partial charge in [0, 0.05) is 6.54 Å². The predicted molar refractivity (Wildman–Crippen MR) is 81.5 cm³/mol. The van der Waals surface area contributed by atoms with Crippen LogP contribution in [0.1, 0.15) is 51.9 Å². The zero-order valence-electron chi connectivity index (χ0n) is 12.9. The van der Waals surface area contributed by atoms with Gasteiger partial charge in [-0.2, -0.15) is 0 Å². The fourth-order valence-electron chi connectivity index (χ4n) is 3.31. The number of likely N-dealkylation sites (tertiary alicyclic amines) is 1. The molecule has 1 fully saturated rings. The maximum absolute atomic E-state index is 12.3. The van der Waals surface area contributed by atoms with Gasteiger partial charge in [-0.05, 0) is 51.1 Å². The molecule has 3 heteroatoms. The van der Waals surface area contributed by atoms with Gasteiger partial charge in [-0.3, -0.25) is 9.69 Å². The molecule has 0 radical (unpaired) electrons. The summed E-state index contributed by atoms with van der Waals surface area (Å²) in [7, 11) is 0. The molecule has 0 amide bonds. The van der Waals surface area contributed by atoms with Crippen LogP contribution in [0.3, 0.4) is 0 Å². The van der Waals surface area contributed by atoms with E-state index in [9.17, 15) is 4.79 Å². The third kappa shape index (κ3) is 4.62. The quantitative estimate of drug-likeness (QED) is 0.504. The van der Waals surface area contributed by atoms with Crippen molar-refractivity contribution in [2.45, 2.75) is 51.9 Å². The highest BCUT2D eigenvalue weighted by atomic mass is 16.5. The lowest BCUT2D eigenvalue weighted by atomic mass is 9.87. The second kappa shape index (κ2) is 8.46. The summed E-state index contributed by atoms with van der Waals surface area (Å²) in [5.74, 6) is 0.544. The van der Waals surface area contributed by atoms with E-state index < -0.39 is 0 Å². The third-order valence-electron chi connectivity index (χ3n) is 4.59. The van der Waals surface area contributed by atoms with Crippen molar-refractivity contribution in [2.75, 3.05) is 26.2 Å². The first-order valence-electron chi connectivity index (χ1n) is 8.37. The minimum absolute atomic E-state index is 0.0363. The molecule has 0 bridgehead atoms. The van der Waals surface area contributed by atoms with E-state index in [0.29, 0.717) is 12.5 Å². The molecule has 0 aromatic rings. The maximum Gasteiger partial charge on any atom is 0.309 e. The summed E-state index contributed by atoms with van der Waals surface area (Å²) < 4.78 is 5.56. The Morgan fingerprint density at radius 2 is 2.20 bits per heavy atom. The molecule has 1 heterocycles. The lowest BCUT2D eigenvalue weighted by molar-refractivity contribution is -0.150. The summed E-state index contributed by atoms with van der Waals surface area (Å²) in [5.41, 5.74) is 0. The van der Waals surface area contributed by atoms with Crippen molar-refractivity contribution in [1.29, 1.82) is 0 Å². The molecule has 2 aliphatic rings. The van der Waals surface area contributed by atoms with E-state index in [1.165, 1.54) is 25.9 Å². The molecule has 3 nitrogen and oxygen atoms in total. The highest BCUT2D eigenvalue weighted by Crippen LogP contribution is 2.30. The van der Waals surface area contributed by atoms with Crippen LogP contribution in [-0.4, -0.2) is 37.1 Å². The van der Waals surface area contributed by atoms with Gasteiger partial charge in [0.2, 0.25) is 0 Å². The average molecular weight is 279 g/mol. The van der Waals surface area contributed by atoms with Crippen LogP contribution in [0.15, 0.2) is 12.2 Å². The molecule has 0 saturated carbocycles. The number of rotatable bonds is 8. The average Bonchev–Trinajstić information content (AvgIpc) is 3.12. The Kier molecular flexibility index (Phi) is 6.58. The summed E-state index contributed by atoms with van der Waals surface area (Å²) in [6.45, 7) is 6.00. The van der Waals surface area contributed by atoms with Crippen molar-refractivity contribution in [3.63, 3.8) is 0 Å². The van der Waals surface area contributed by atoms with Crippen LogP contribution in [0.2, 0.25) is 0 Å². The number of carbonyl (C=O) groups is 1. The molecular formula is C17H29NO2. The van der Waals surface area contributed by atoms with Crippen molar-refractivity contribution in [3.05, 3.63) is 12.2 Å². The standard InChI is InChI=1S/C17H29NO2/c1-2-3-10-16(15-8-4-5-9-15)17(19)20-14-13-18-11-6-7-12-18/h4,8,15-16H,2-3,5-7,9-14H2,1H3. The molecule has 0 aromatic carbocycles. The maximum atomic E-state index is 12.3. The summed E-state index contributed by atoms with van der Waals surface area (Å²) in [6.07, 6.45) is 12.5. The third-order valence-corrected chi connectivity index (χ3v) is 4.59. The Morgan fingerprint density at radius 3 is 2.85 bits per heavy atom. The Balaban J connectivity index is 1.74. The Morgan fingerprint density at radius 1 is 1.40 bits per heavy atom. The minimum atomic E-state index is 0.0363. The molecule has 1 saturated heterocycles. The first-order chi connectivity index (χ1) is 9.81. The van der Waals surface area contributed by atoms with Crippen LogP contribution in [0, 0.1) is 11.8 Å². The summed E-state index contributed by atoms with van der Waals surface area (Å²) >= 11 is 0. The van der Waals surface area contributed by atoms with Crippen LogP contribution < -0.4 is 0 Å². The van der Waals surface area contributed by atoms with Gasteiger partial charge in [0.15, 0.2) is 0 Å². The van der Waals surface area contributed by atoms with Crippen LogP contribution in [-0.2, 0) is 9.53 Å². The van der Waals surface area contributed by atoms with E-state index in [1.54, 1.807) is 0 Å². The van der Waals surface area contributed by atoms with Crippen LogP contribution >= 0.6 is 0 Å². The van der Waals surface area contributed by atoms with Crippen LogP contribution in [0.25, 0.3) is 0 Å². The largest absolute Gasteiger partial charge is 0.464 e. The lowest BCUT2D eigenvalue weighted by Gasteiger charge is -2.22. The predicted octanol–water partition coefficient (Wildman–Crippen LogP) is 3.40. The zero-order valence-corrected chi connectivity index (χ0v) is 12.9. The monoisotopic (exact) mass is 279 g/mol. The molecule has 2 unspecified atom stereocenters. The fraction of sp³-hybridized carbons (Fsp3) is 0.824. The van der Waals surface area contributed by atoms with Crippen molar-refractivity contribution < 1.29 is 9.53 Å². The Labute approximate surface area is 123 Å². The topological polar surface area (TPSA) is 29.5 Å². The summed E-state index contributed by atoms with van der Waals surface area (Å²) in [5, 5.41) is 0. The van der Waals surface area contributed by atoms with Crippen molar-refractivity contribution in [2.24, 2.45) is 11.8 Å². The van der Waals surface area contributed by atoms with Crippen molar-refractivity contribution in [3.8, 4) is 0 Å². The Hall–Kier alpha value is -0.830. The van der Waals surface area contributed by atoms with Gasteiger partial charge >= 0.3 is 5.97 Å². The van der Waals surface area contributed by atoms with E-state index >= 15 is 0 Å². The fourth-order valence-corrected chi connectivity index (χ4v) is 3.31. The van der Waals surface area contributed by atoms with E-state index in [2.05, 4.69) is 24.0 Å². The number of hydrogen-bond donors (Lipinski definition) is 0. The van der Waals surface area contributed by atoms with E-state index in [1.807, 2.05) is 0 Å². The highest BCUT2D eigenvalue weighted by molar-refractivity contribution is 5.73. The second-order valence-corrected chi connectivity index (χ2v) is 6.13. The SMILES string of the molecule is CCCCC(C(=O)OCCN1CCCC1)C1C=CCC1. The molecule has 114 valence electrons. The van der Waals surface area contributed by atoms with Gasteiger partial charge in [-0.1, -0.05) is 31.9 Å². The van der Waals surface area contributed by atoms with Gasteiger partial charge < -0.3 is 4.74 Å². The number of hydrogen-bond acceptors (Lipinski definition) is 3.